The fraction of sp³-hybridized carbons (Fsp3) is 0.0769. The molecule has 3 aromatic carbocycles. The van der Waals surface area contributed by atoms with Gasteiger partial charge in [-0.05, 0) is 66.2 Å². The summed E-state index contributed by atoms with van der Waals surface area (Å²) in [6, 6.07) is 17.6. The number of aromatic nitrogens is 2. The highest BCUT2D eigenvalue weighted by Gasteiger charge is 2.33. The van der Waals surface area contributed by atoms with Gasteiger partial charge < -0.3 is 5.32 Å². The van der Waals surface area contributed by atoms with Crippen LogP contribution in [0.4, 0.5) is 15.8 Å². The van der Waals surface area contributed by atoms with Crippen molar-refractivity contribution in [1.82, 2.24) is 9.13 Å². The van der Waals surface area contributed by atoms with Crippen molar-refractivity contribution in [2.24, 2.45) is 14.1 Å². The van der Waals surface area contributed by atoms with E-state index in [9.17, 15) is 18.8 Å². The highest BCUT2D eigenvalue weighted by atomic mass is 32.2. The highest BCUT2D eigenvalue weighted by molar-refractivity contribution is 8.27. The number of hydrogen-bond acceptors (Lipinski definition) is 5. The topological polar surface area (TPSA) is 76.3 Å². The number of benzene rings is 3. The van der Waals surface area contributed by atoms with Crippen molar-refractivity contribution in [3.05, 3.63) is 99.1 Å². The zero-order valence-corrected chi connectivity index (χ0v) is 20.8. The molecule has 1 N–H and O–H groups in total. The number of rotatable bonds is 4. The lowest BCUT2D eigenvalue weighted by molar-refractivity contribution is -0.113. The van der Waals surface area contributed by atoms with Crippen LogP contribution in [0.1, 0.15) is 15.9 Å². The van der Waals surface area contributed by atoms with Gasteiger partial charge in [-0.15, -0.1) is 0 Å². The van der Waals surface area contributed by atoms with E-state index >= 15 is 0 Å². The molecule has 4 aromatic rings. The highest BCUT2D eigenvalue weighted by Crippen LogP contribution is 2.36. The Bertz CT molecular complexity index is 1650. The average molecular weight is 519 g/mol. The smallest absolute Gasteiger partial charge is 0.322 e. The molecule has 5 rings (SSSR count). The molecule has 0 saturated carbocycles. The normalized spacial score (nSPS) is 14.8. The van der Waals surface area contributed by atoms with E-state index in [4.69, 9.17) is 12.2 Å². The third-order valence-corrected chi connectivity index (χ3v) is 7.16. The molecule has 180 valence electrons. The van der Waals surface area contributed by atoms with Crippen LogP contribution in [0.25, 0.3) is 17.1 Å². The fourth-order valence-electron chi connectivity index (χ4n) is 3.98. The first-order chi connectivity index (χ1) is 17.2. The van der Waals surface area contributed by atoms with E-state index in [1.54, 1.807) is 53.6 Å². The maximum atomic E-state index is 13.3. The van der Waals surface area contributed by atoms with Gasteiger partial charge in [0.25, 0.3) is 11.8 Å². The number of nitrogens with zero attached hydrogens (tertiary/aromatic N) is 3. The van der Waals surface area contributed by atoms with E-state index < -0.39 is 11.7 Å². The molecule has 7 nitrogen and oxygen atoms in total. The number of carbonyl (C=O) groups excluding carboxylic acids is 2. The summed E-state index contributed by atoms with van der Waals surface area (Å²) in [6.07, 6.45) is 1.74. The molecule has 0 radical (unpaired) electrons. The van der Waals surface area contributed by atoms with Crippen molar-refractivity contribution in [3.8, 4) is 0 Å². The number of imidazole rings is 1. The van der Waals surface area contributed by atoms with Crippen LogP contribution in [0.15, 0.2) is 76.4 Å². The molecule has 36 heavy (non-hydrogen) atoms. The molecule has 0 atom stereocenters. The summed E-state index contributed by atoms with van der Waals surface area (Å²) in [5, 5.41) is 2.71. The quantitative estimate of drug-likeness (QED) is 0.314. The Labute approximate surface area is 214 Å². The number of anilines is 2. The van der Waals surface area contributed by atoms with Crippen molar-refractivity contribution in [1.29, 1.82) is 0 Å². The molecule has 1 saturated heterocycles. The molecular formula is C26H19FN4O3S2. The second-order valence-corrected chi connectivity index (χ2v) is 9.85. The summed E-state index contributed by atoms with van der Waals surface area (Å²) >= 11 is 6.65. The Morgan fingerprint density at radius 2 is 1.69 bits per heavy atom. The van der Waals surface area contributed by atoms with Gasteiger partial charge in [0.1, 0.15) is 5.82 Å². The summed E-state index contributed by atoms with van der Waals surface area (Å²) in [4.78, 5) is 40.0. The number of thioether (sulfide) groups is 1. The van der Waals surface area contributed by atoms with Gasteiger partial charge in [0, 0.05) is 25.3 Å². The number of nitrogens with one attached hydrogen (secondary N) is 1. The molecule has 0 spiro atoms. The first-order valence-electron chi connectivity index (χ1n) is 10.8. The van der Waals surface area contributed by atoms with Crippen LogP contribution < -0.4 is 15.9 Å². The summed E-state index contributed by atoms with van der Waals surface area (Å²) in [6.45, 7) is 0. The first kappa shape index (κ1) is 23.7. The third-order valence-electron chi connectivity index (χ3n) is 5.86. The minimum absolute atomic E-state index is 0.128. The van der Waals surface area contributed by atoms with E-state index in [1.807, 2.05) is 18.2 Å². The molecule has 1 aliphatic rings. The molecule has 1 aliphatic heterocycles. The average Bonchev–Trinajstić information content (AvgIpc) is 3.27. The van der Waals surface area contributed by atoms with Crippen molar-refractivity contribution in [2.75, 3.05) is 10.2 Å². The molecule has 0 unspecified atom stereocenters. The van der Waals surface area contributed by atoms with Gasteiger partial charge in [0.05, 0.1) is 21.6 Å². The maximum absolute atomic E-state index is 13.3. The lowest BCUT2D eigenvalue weighted by Crippen LogP contribution is -2.27. The van der Waals surface area contributed by atoms with Gasteiger partial charge in [-0.25, -0.2) is 9.18 Å². The standard InChI is InChI=1S/C26H19FN4O3S2/c1-29-20-11-6-15(12-21(20)30(2)25(29)34)13-22-24(33)31(26(35)36-22)19-5-3-4-16(14-19)23(32)28-18-9-7-17(27)8-10-18/h3-14H,1-2H3,(H,28,32)/b22-13+. The molecule has 0 bridgehead atoms. The number of fused-ring (bicyclic) bond motifs is 1. The number of hydrogen-bond donors (Lipinski definition) is 1. The van der Waals surface area contributed by atoms with E-state index in [2.05, 4.69) is 5.32 Å². The predicted octanol–water partition coefficient (Wildman–Crippen LogP) is 4.67. The second kappa shape index (κ2) is 9.21. The SMILES string of the molecule is Cn1c(=O)n(C)c2cc(/C=C3/SC(=S)N(c4cccc(C(=O)Nc5ccc(F)cc5)c4)C3=O)ccc21. The number of thiocarbonyl (C=S) groups is 1. The minimum Gasteiger partial charge on any atom is -0.322 e. The Balaban J connectivity index is 1.41. The van der Waals surface area contributed by atoms with Crippen LogP contribution in [-0.2, 0) is 18.9 Å². The van der Waals surface area contributed by atoms with Crippen LogP contribution >= 0.6 is 24.0 Å². The molecule has 2 heterocycles. The second-order valence-electron chi connectivity index (χ2n) is 8.18. The third kappa shape index (κ3) is 4.25. The lowest BCUT2D eigenvalue weighted by atomic mass is 10.1. The van der Waals surface area contributed by atoms with Crippen LogP contribution in [0.2, 0.25) is 0 Å². The molecule has 1 fully saturated rings. The predicted molar refractivity (Wildman–Crippen MR) is 145 cm³/mol. The molecule has 0 aliphatic carbocycles. The fourth-order valence-corrected chi connectivity index (χ4v) is 5.28. The van der Waals surface area contributed by atoms with E-state index in [0.29, 0.717) is 26.2 Å². The van der Waals surface area contributed by atoms with E-state index in [1.165, 1.54) is 40.9 Å². The number of amides is 2. The van der Waals surface area contributed by atoms with E-state index in [-0.39, 0.29) is 11.6 Å². The summed E-state index contributed by atoms with van der Waals surface area (Å²) < 4.78 is 16.6. The Kier molecular flexibility index (Phi) is 6.07. The van der Waals surface area contributed by atoms with Crippen LogP contribution in [0.3, 0.4) is 0 Å². The summed E-state index contributed by atoms with van der Waals surface area (Å²) in [7, 11) is 3.41. The summed E-state index contributed by atoms with van der Waals surface area (Å²) in [5.41, 5.74) is 3.43. The largest absolute Gasteiger partial charge is 0.328 e. The Morgan fingerprint density at radius 3 is 2.44 bits per heavy atom. The molecule has 10 heteroatoms. The van der Waals surface area contributed by atoms with Gasteiger partial charge in [-0.1, -0.05) is 36.1 Å². The van der Waals surface area contributed by atoms with Crippen molar-refractivity contribution < 1.29 is 14.0 Å². The van der Waals surface area contributed by atoms with Gasteiger partial charge in [-0.2, -0.15) is 0 Å². The van der Waals surface area contributed by atoms with Gasteiger partial charge >= 0.3 is 5.69 Å². The zero-order valence-electron chi connectivity index (χ0n) is 19.2. The Morgan fingerprint density at radius 1 is 0.972 bits per heavy atom. The van der Waals surface area contributed by atoms with Crippen molar-refractivity contribution >= 4 is 68.6 Å². The van der Waals surface area contributed by atoms with Gasteiger partial charge in [0.15, 0.2) is 4.32 Å². The lowest BCUT2D eigenvalue weighted by Gasteiger charge is -2.15. The van der Waals surface area contributed by atoms with Crippen LogP contribution in [0.5, 0.6) is 0 Å². The van der Waals surface area contributed by atoms with Crippen LogP contribution in [-0.4, -0.2) is 25.3 Å². The van der Waals surface area contributed by atoms with Crippen LogP contribution in [0, 0.1) is 5.82 Å². The first-order valence-corrected chi connectivity index (χ1v) is 12.1. The molecule has 1 aromatic heterocycles. The number of carbonyl (C=O) groups is 2. The van der Waals surface area contributed by atoms with E-state index in [0.717, 1.165) is 16.6 Å². The van der Waals surface area contributed by atoms with Crippen molar-refractivity contribution in [3.63, 3.8) is 0 Å². The maximum Gasteiger partial charge on any atom is 0.328 e. The van der Waals surface area contributed by atoms with Gasteiger partial charge in [0.2, 0.25) is 0 Å². The Hall–Kier alpha value is -4.02. The van der Waals surface area contributed by atoms with Gasteiger partial charge in [-0.3, -0.25) is 23.6 Å². The number of halogens is 1. The minimum atomic E-state index is -0.398. The molecule has 2 amide bonds. The monoisotopic (exact) mass is 518 g/mol. The molecular weight excluding hydrogens is 499 g/mol. The number of aryl methyl sites for hydroxylation is 2. The zero-order chi connectivity index (χ0) is 25.6. The van der Waals surface area contributed by atoms with Crippen molar-refractivity contribution in [2.45, 2.75) is 0 Å². The summed E-state index contributed by atoms with van der Waals surface area (Å²) in [5.74, 6) is -1.10.